The van der Waals surface area contributed by atoms with Crippen LogP contribution in [0.25, 0.3) is 22.5 Å². The van der Waals surface area contributed by atoms with E-state index in [1.165, 1.54) is 13.2 Å². The summed E-state index contributed by atoms with van der Waals surface area (Å²) in [7, 11) is 1.47. The third-order valence-electron chi connectivity index (χ3n) is 5.56. The Balaban J connectivity index is 1.49. The van der Waals surface area contributed by atoms with Crippen LogP contribution in [0.15, 0.2) is 59.7 Å². The van der Waals surface area contributed by atoms with Gasteiger partial charge in [-0.2, -0.15) is 0 Å². The quantitative estimate of drug-likeness (QED) is 0.338. The second kappa shape index (κ2) is 9.82. The largest absolute Gasteiger partial charge is 0.494 e. The van der Waals surface area contributed by atoms with Crippen molar-refractivity contribution >= 4 is 29.0 Å². The van der Waals surface area contributed by atoms with E-state index < -0.39 is 12.9 Å². The molecule has 1 aromatic carbocycles. The first-order valence-electron chi connectivity index (χ1n) is 12.5. The highest BCUT2D eigenvalue weighted by atomic mass is 16.5. The Hall–Kier alpha value is -4.80. The van der Waals surface area contributed by atoms with E-state index in [4.69, 9.17) is 13.3 Å². The Labute approximate surface area is 210 Å². The van der Waals surface area contributed by atoms with Crippen LogP contribution in [0, 0.1) is 5.92 Å². The SMILES string of the molecule is [2H]C([2H])([2H])NC(=O)c1nnc(NC(=O)C2CC2)cc1Nc1cccc(-c2ncc(-c3ccoc3)cn2)c1OC. The molecule has 182 valence electrons. The molecule has 1 aliphatic rings. The van der Waals surface area contributed by atoms with Gasteiger partial charge in [0.1, 0.15) is 0 Å². The zero-order valence-corrected chi connectivity index (χ0v) is 19.1. The van der Waals surface area contributed by atoms with Crippen LogP contribution in [-0.4, -0.2) is 46.1 Å². The highest BCUT2D eigenvalue weighted by Gasteiger charge is 2.30. The summed E-state index contributed by atoms with van der Waals surface area (Å²) in [6, 6.07) is 8.40. The molecule has 0 aliphatic heterocycles. The van der Waals surface area contributed by atoms with Gasteiger partial charge in [-0.1, -0.05) is 6.07 Å². The second-order valence-corrected chi connectivity index (χ2v) is 8.03. The van der Waals surface area contributed by atoms with E-state index in [1.54, 1.807) is 49.2 Å². The van der Waals surface area contributed by atoms with Crippen molar-refractivity contribution in [2.24, 2.45) is 5.92 Å². The van der Waals surface area contributed by atoms with E-state index in [2.05, 4.69) is 30.8 Å². The van der Waals surface area contributed by atoms with E-state index in [0.29, 0.717) is 22.8 Å². The molecule has 0 saturated heterocycles. The number of ether oxygens (including phenoxy) is 1. The number of carbonyl (C=O) groups is 2. The molecule has 2 amide bonds. The van der Waals surface area contributed by atoms with E-state index in [-0.39, 0.29) is 29.0 Å². The zero-order chi connectivity index (χ0) is 27.6. The first-order chi connectivity index (χ1) is 18.7. The minimum Gasteiger partial charge on any atom is -0.494 e. The number of carbonyl (C=O) groups excluding carboxylic acids is 2. The molecule has 4 aromatic rings. The lowest BCUT2D eigenvalue weighted by molar-refractivity contribution is -0.117. The highest BCUT2D eigenvalue weighted by Crippen LogP contribution is 2.37. The van der Waals surface area contributed by atoms with Crippen LogP contribution in [0.4, 0.5) is 17.2 Å². The van der Waals surface area contributed by atoms with Gasteiger partial charge in [0.25, 0.3) is 5.91 Å². The first-order valence-corrected chi connectivity index (χ1v) is 11.0. The number of nitrogens with one attached hydrogen (secondary N) is 3. The molecule has 0 spiro atoms. The topological polar surface area (TPSA) is 144 Å². The number of methoxy groups -OCH3 is 1. The highest BCUT2D eigenvalue weighted by molar-refractivity contribution is 6.00. The normalized spacial score (nSPS) is 14.2. The summed E-state index contributed by atoms with van der Waals surface area (Å²) in [5, 5.41) is 15.4. The Kier molecular flexibility index (Phi) is 5.32. The lowest BCUT2D eigenvalue weighted by atomic mass is 10.1. The van der Waals surface area contributed by atoms with Crippen molar-refractivity contribution < 1.29 is 22.9 Å². The van der Waals surface area contributed by atoms with Crippen molar-refractivity contribution in [1.82, 2.24) is 25.5 Å². The number of aromatic nitrogens is 4. The fourth-order valence-electron chi connectivity index (χ4n) is 3.57. The summed E-state index contributed by atoms with van der Waals surface area (Å²) in [5.41, 5.74) is 2.39. The maximum Gasteiger partial charge on any atom is 0.273 e. The summed E-state index contributed by atoms with van der Waals surface area (Å²) < 4.78 is 32.9. The third-order valence-corrected chi connectivity index (χ3v) is 5.56. The van der Waals surface area contributed by atoms with Crippen LogP contribution in [0.5, 0.6) is 5.75 Å². The van der Waals surface area contributed by atoms with Crippen LogP contribution >= 0.6 is 0 Å². The standard InChI is InChI=1S/C25H23N7O4/c1-26-25(34)21-19(10-20(31-32-21)30-24(33)14-6-7-14)29-18-5-3-4-17(22(18)35-2)23-27-11-16(12-28-23)15-8-9-36-13-15/h3-5,8-14H,6-7H2,1-2H3,(H,26,34)(H2,29,30,31,33)/i1D3. The fraction of sp³-hybridized carbons (Fsp3) is 0.200. The van der Waals surface area contributed by atoms with E-state index in [0.717, 1.165) is 24.0 Å². The zero-order valence-electron chi connectivity index (χ0n) is 22.1. The minimum absolute atomic E-state index is 0.0848. The summed E-state index contributed by atoms with van der Waals surface area (Å²) in [4.78, 5) is 33.9. The maximum atomic E-state index is 12.7. The smallest absolute Gasteiger partial charge is 0.273 e. The fourth-order valence-corrected chi connectivity index (χ4v) is 3.57. The Bertz CT molecular complexity index is 1510. The predicted octanol–water partition coefficient (Wildman–Crippen LogP) is 3.65. The average molecular weight is 489 g/mol. The molecule has 1 saturated carbocycles. The van der Waals surface area contributed by atoms with Crippen molar-refractivity contribution in [3.05, 3.63) is 60.9 Å². The van der Waals surface area contributed by atoms with Gasteiger partial charge in [0.15, 0.2) is 23.1 Å². The van der Waals surface area contributed by atoms with Crippen molar-refractivity contribution in [3.8, 4) is 28.3 Å². The molecule has 11 heteroatoms. The number of anilines is 3. The van der Waals surface area contributed by atoms with E-state index >= 15 is 0 Å². The molecule has 0 atom stereocenters. The summed E-state index contributed by atoms with van der Waals surface area (Å²) in [6.45, 7) is -2.74. The number of para-hydroxylation sites is 1. The number of nitrogens with zero attached hydrogens (tertiary/aromatic N) is 4. The third kappa shape index (κ3) is 4.71. The van der Waals surface area contributed by atoms with Crippen LogP contribution in [0.3, 0.4) is 0 Å². The summed E-state index contributed by atoms with van der Waals surface area (Å²) in [5.74, 6) is -0.417. The molecule has 36 heavy (non-hydrogen) atoms. The van der Waals surface area contributed by atoms with E-state index in [9.17, 15) is 9.59 Å². The minimum atomic E-state index is -2.74. The lowest BCUT2D eigenvalue weighted by Crippen LogP contribution is -2.22. The first kappa shape index (κ1) is 19.5. The van der Waals surface area contributed by atoms with Gasteiger partial charge in [0.2, 0.25) is 5.91 Å². The number of hydrogen-bond donors (Lipinski definition) is 3. The number of amides is 2. The molecule has 3 aromatic heterocycles. The molecule has 3 N–H and O–H groups in total. The Morgan fingerprint density at radius 2 is 1.94 bits per heavy atom. The molecule has 11 nitrogen and oxygen atoms in total. The van der Waals surface area contributed by atoms with Gasteiger partial charge in [-0.05, 0) is 31.0 Å². The lowest BCUT2D eigenvalue weighted by Gasteiger charge is -2.16. The van der Waals surface area contributed by atoms with Gasteiger partial charge in [-0.3, -0.25) is 9.59 Å². The van der Waals surface area contributed by atoms with Crippen molar-refractivity contribution in [2.75, 3.05) is 24.7 Å². The molecule has 1 fully saturated rings. The monoisotopic (exact) mass is 488 g/mol. The van der Waals surface area contributed by atoms with Crippen LogP contribution in [-0.2, 0) is 4.79 Å². The maximum absolute atomic E-state index is 12.7. The van der Waals surface area contributed by atoms with Gasteiger partial charge in [0.05, 0.1) is 36.6 Å². The second-order valence-electron chi connectivity index (χ2n) is 8.03. The summed E-state index contributed by atoms with van der Waals surface area (Å²) in [6.07, 6.45) is 8.05. The van der Waals surface area contributed by atoms with Crippen molar-refractivity contribution in [1.29, 1.82) is 0 Å². The van der Waals surface area contributed by atoms with Gasteiger partial charge in [0, 0.05) is 46.6 Å². The number of furan rings is 1. The summed E-state index contributed by atoms with van der Waals surface area (Å²) >= 11 is 0. The van der Waals surface area contributed by atoms with E-state index in [1.807, 2.05) is 5.32 Å². The molecule has 3 heterocycles. The predicted molar refractivity (Wildman–Crippen MR) is 132 cm³/mol. The molecule has 0 unspecified atom stereocenters. The van der Waals surface area contributed by atoms with Crippen LogP contribution in [0.2, 0.25) is 0 Å². The van der Waals surface area contributed by atoms with Gasteiger partial charge < -0.3 is 25.1 Å². The molecular formula is C25H23N7O4. The number of rotatable bonds is 8. The molecule has 0 bridgehead atoms. The number of benzene rings is 1. The molecule has 0 radical (unpaired) electrons. The molecule has 1 aliphatic carbocycles. The molecular weight excluding hydrogens is 462 g/mol. The van der Waals surface area contributed by atoms with Crippen molar-refractivity contribution in [3.63, 3.8) is 0 Å². The Morgan fingerprint density at radius 3 is 2.64 bits per heavy atom. The Morgan fingerprint density at radius 1 is 1.11 bits per heavy atom. The van der Waals surface area contributed by atoms with Gasteiger partial charge in [-0.15, -0.1) is 10.2 Å². The van der Waals surface area contributed by atoms with Gasteiger partial charge in [-0.25, -0.2) is 9.97 Å². The average Bonchev–Trinajstić information content (AvgIpc) is 3.62. The molecule has 5 rings (SSSR count). The number of hydrogen-bond acceptors (Lipinski definition) is 9. The van der Waals surface area contributed by atoms with Crippen LogP contribution < -0.4 is 20.7 Å². The van der Waals surface area contributed by atoms with Crippen LogP contribution in [0.1, 0.15) is 27.4 Å². The van der Waals surface area contributed by atoms with Crippen molar-refractivity contribution in [2.45, 2.75) is 12.8 Å². The van der Waals surface area contributed by atoms with Gasteiger partial charge >= 0.3 is 0 Å².